The Labute approximate surface area is 621 Å². The van der Waals surface area contributed by atoms with Crippen LogP contribution >= 0.6 is 0 Å². The molecule has 0 aliphatic carbocycles. The number of anilines is 6. The summed E-state index contributed by atoms with van der Waals surface area (Å²) in [7, 11) is 0. The first-order chi connectivity index (χ1) is 52.6. The molecule has 18 aromatic rings. The van der Waals surface area contributed by atoms with E-state index in [9.17, 15) is 0 Å². The van der Waals surface area contributed by atoms with E-state index in [1.165, 1.54) is 110 Å². The van der Waals surface area contributed by atoms with Gasteiger partial charge in [-0.3, -0.25) is 0 Å². The molecular weight excluding hydrogens is 1280 g/mol. The first-order valence-corrected chi connectivity index (χ1v) is 36.4. The Balaban J connectivity index is 0.000000159. The summed E-state index contributed by atoms with van der Waals surface area (Å²) < 4.78 is 0. The zero-order valence-electron chi connectivity index (χ0n) is 58.6. The van der Waals surface area contributed by atoms with E-state index in [0.29, 0.717) is 0 Å². The van der Waals surface area contributed by atoms with Crippen LogP contribution in [-0.4, -0.2) is 0 Å². The third kappa shape index (κ3) is 13.9. The van der Waals surface area contributed by atoms with E-state index < -0.39 is 0 Å². The van der Waals surface area contributed by atoms with E-state index in [1.807, 2.05) is 0 Å². The second-order valence-electron chi connectivity index (χ2n) is 26.7. The largest absolute Gasteiger partial charge is 0.311 e. The van der Waals surface area contributed by atoms with E-state index in [0.717, 1.165) is 56.4 Å². The number of hydrogen-bond acceptors (Lipinski definition) is 2. The van der Waals surface area contributed by atoms with Crippen LogP contribution in [0.5, 0.6) is 0 Å². The standard InChI is InChI=1S/C58H38.C46H36N2/c1-2-16-39(17-3-1)47-28-8-9-29-50(47)44-34-35-55-56(38-44)58(46-25-13-23-43(37-46)52-33-15-21-41-19-5-7-27-49(41)52)54-31-11-10-30-53(54)57(55)45-24-12-22-42(36-45)51-32-14-20-40-18-4-6-26-48(40)51;1-5-13-41(14-6-1)47(42-15-7-2-8-16-42)45-33-29-39(30-34-45)27-25-37-21-23-38(24-22-37)26-28-40-31-35-46(36-32-40)48(43-17-9-3-10-18-43)44-19-11-4-12-20-44/h1-38H;1-36H/b;27-25+,28-26+. The molecule has 0 aliphatic heterocycles. The molecule has 18 rings (SSSR count). The number of hydrogen-bond donors (Lipinski definition) is 0. The molecule has 500 valence electrons. The van der Waals surface area contributed by atoms with Crippen molar-refractivity contribution in [3.8, 4) is 66.8 Å². The van der Waals surface area contributed by atoms with Crippen LogP contribution in [0.3, 0.4) is 0 Å². The van der Waals surface area contributed by atoms with Crippen LogP contribution < -0.4 is 9.80 Å². The zero-order chi connectivity index (χ0) is 70.8. The van der Waals surface area contributed by atoms with Crippen molar-refractivity contribution in [2.24, 2.45) is 0 Å². The smallest absolute Gasteiger partial charge is 0.0462 e. The monoisotopic (exact) mass is 1350 g/mol. The minimum Gasteiger partial charge on any atom is -0.311 e. The molecule has 0 spiro atoms. The number of fused-ring (bicyclic) bond motifs is 4. The Morgan fingerprint density at radius 2 is 0.415 bits per heavy atom. The van der Waals surface area contributed by atoms with Crippen molar-refractivity contribution in [1.29, 1.82) is 0 Å². The first kappa shape index (κ1) is 65.4. The van der Waals surface area contributed by atoms with Crippen molar-refractivity contribution in [3.05, 3.63) is 447 Å². The first-order valence-electron chi connectivity index (χ1n) is 36.4. The quantitative estimate of drug-likeness (QED) is 0.0703. The van der Waals surface area contributed by atoms with Gasteiger partial charge in [0.1, 0.15) is 0 Å². The predicted octanol–water partition coefficient (Wildman–Crippen LogP) is 29.3. The van der Waals surface area contributed by atoms with Gasteiger partial charge in [-0.25, -0.2) is 0 Å². The normalized spacial score (nSPS) is 11.3. The van der Waals surface area contributed by atoms with Gasteiger partial charge in [0.15, 0.2) is 0 Å². The van der Waals surface area contributed by atoms with Crippen LogP contribution in [0.15, 0.2) is 425 Å². The van der Waals surface area contributed by atoms with E-state index >= 15 is 0 Å². The summed E-state index contributed by atoms with van der Waals surface area (Å²) in [5, 5.41) is 9.98. The number of para-hydroxylation sites is 4. The van der Waals surface area contributed by atoms with Crippen molar-refractivity contribution >= 4 is 102 Å². The van der Waals surface area contributed by atoms with Gasteiger partial charge in [0.05, 0.1) is 0 Å². The van der Waals surface area contributed by atoms with Gasteiger partial charge < -0.3 is 9.80 Å². The predicted molar refractivity (Wildman–Crippen MR) is 456 cm³/mol. The van der Waals surface area contributed by atoms with Crippen molar-refractivity contribution in [2.45, 2.75) is 0 Å². The molecular formula is C104H74N2. The lowest BCUT2D eigenvalue weighted by atomic mass is 9.83. The Bertz CT molecular complexity index is 5900. The summed E-state index contributed by atoms with van der Waals surface area (Å²) >= 11 is 0. The van der Waals surface area contributed by atoms with Gasteiger partial charge >= 0.3 is 0 Å². The van der Waals surface area contributed by atoms with E-state index in [1.54, 1.807) is 0 Å². The van der Waals surface area contributed by atoms with Gasteiger partial charge in [0, 0.05) is 34.1 Å². The lowest BCUT2D eigenvalue weighted by molar-refractivity contribution is 1.28. The summed E-state index contributed by atoms with van der Waals surface area (Å²) in [6, 6.07) is 153. The van der Waals surface area contributed by atoms with E-state index in [-0.39, 0.29) is 0 Å². The minimum atomic E-state index is 1.13. The van der Waals surface area contributed by atoms with Gasteiger partial charge in [-0.1, -0.05) is 358 Å². The molecule has 0 saturated carbocycles. The molecule has 0 bridgehead atoms. The molecule has 0 heterocycles. The molecule has 0 saturated heterocycles. The molecule has 0 amide bonds. The van der Waals surface area contributed by atoms with Crippen molar-refractivity contribution in [2.75, 3.05) is 9.80 Å². The second kappa shape index (κ2) is 30.3. The molecule has 0 aromatic heterocycles. The molecule has 0 radical (unpaired) electrons. The third-order valence-electron chi connectivity index (χ3n) is 20.1. The van der Waals surface area contributed by atoms with Crippen molar-refractivity contribution in [3.63, 3.8) is 0 Å². The maximum absolute atomic E-state index is 2.45. The van der Waals surface area contributed by atoms with Gasteiger partial charge in [0.2, 0.25) is 0 Å². The lowest BCUT2D eigenvalue weighted by Gasteiger charge is -2.25. The fourth-order valence-electron chi connectivity index (χ4n) is 15.0. The Kier molecular flexibility index (Phi) is 18.7. The molecule has 2 heteroatoms. The van der Waals surface area contributed by atoms with Crippen molar-refractivity contribution in [1.82, 2.24) is 0 Å². The highest BCUT2D eigenvalue weighted by molar-refractivity contribution is 6.22. The van der Waals surface area contributed by atoms with Crippen LogP contribution in [-0.2, 0) is 0 Å². The van der Waals surface area contributed by atoms with Crippen LogP contribution in [0, 0.1) is 0 Å². The maximum atomic E-state index is 2.45. The molecule has 106 heavy (non-hydrogen) atoms. The summed E-state index contributed by atoms with van der Waals surface area (Å²) in [5.74, 6) is 0. The molecule has 0 N–H and O–H groups in total. The summed E-state index contributed by atoms with van der Waals surface area (Å²) in [6.07, 6.45) is 8.66. The highest BCUT2D eigenvalue weighted by Crippen LogP contribution is 2.48. The molecule has 18 aromatic carbocycles. The number of nitrogens with zero attached hydrogens (tertiary/aromatic N) is 2. The molecule has 0 atom stereocenters. The maximum Gasteiger partial charge on any atom is 0.0462 e. The average Bonchev–Trinajstić information content (AvgIpc) is 0.728. The van der Waals surface area contributed by atoms with Gasteiger partial charge in [-0.15, -0.1) is 0 Å². The van der Waals surface area contributed by atoms with Crippen LogP contribution in [0.1, 0.15) is 22.3 Å². The molecule has 0 fully saturated rings. The van der Waals surface area contributed by atoms with Crippen molar-refractivity contribution < 1.29 is 0 Å². The van der Waals surface area contributed by atoms with E-state index in [2.05, 4.69) is 459 Å². The Morgan fingerprint density at radius 3 is 0.830 bits per heavy atom. The highest BCUT2D eigenvalue weighted by atomic mass is 15.1. The average molecular weight is 1350 g/mol. The Morgan fingerprint density at radius 1 is 0.151 bits per heavy atom. The summed E-state index contributed by atoms with van der Waals surface area (Å²) in [4.78, 5) is 4.55. The highest BCUT2D eigenvalue weighted by Gasteiger charge is 2.21. The van der Waals surface area contributed by atoms with Gasteiger partial charge in [0.25, 0.3) is 0 Å². The summed E-state index contributed by atoms with van der Waals surface area (Å²) in [5.41, 5.74) is 26.1. The minimum absolute atomic E-state index is 1.13. The molecule has 2 nitrogen and oxygen atoms in total. The second-order valence-corrected chi connectivity index (χ2v) is 26.7. The number of benzene rings is 18. The topological polar surface area (TPSA) is 6.48 Å². The van der Waals surface area contributed by atoms with Gasteiger partial charge in [-0.05, 0) is 223 Å². The fraction of sp³-hybridized carbons (Fsp3) is 0. The van der Waals surface area contributed by atoms with Crippen LogP contribution in [0.4, 0.5) is 34.1 Å². The third-order valence-corrected chi connectivity index (χ3v) is 20.1. The molecule has 0 aliphatic rings. The Hall–Kier alpha value is -13.9. The van der Waals surface area contributed by atoms with Crippen LogP contribution in [0.25, 0.3) is 134 Å². The molecule has 0 unspecified atom stereocenters. The van der Waals surface area contributed by atoms with E-state index in [4.69, 9.17) is 0 Å². The lowest BCUT2D eigenvalue weighted by Crippen LogP contribution is -2.09. The fourth-order valence-corrected chi connectivity index (χ4v) is 15.0. The number of rotatable bonds is 16. The zero-order valence-corrected chi connectivity index (χ0v) is 58.6. The van der Waals surface area contributed by atoms with Crippen LogP contribution in [0.2, 0.25) is 0 Å². The van der Waals surface area contributed by atoms with Gasteiger partial charge in [-0.2, -0.15) is 0 Å². The summed E-state index contributed by atoms with van der Waals surface area (Å²) in [6.45, 7) is 0. The SMILES string of the molecule is C(=C\c1ccc(N(c2ccccc2)c2ccccc2)cc1)/c1ccc(/C=C/c2ccc(N(c3ccccc3)c3ccccc3)cc2)cc1.c1ccc(-c2ccccc2-c2ccc3c(-c4cccc(-c5cccc6ccccc56)c4)c4ccccc4c(-c4cccc(-c5cccc6ccccc56)c4)c3c2)cc1.